The minimum absolute atomic E-state index is 0.0243. The van der Waals surface area contributed by atoms with Crippen LogP contribution in [0.5, 0.6) is 5.88 Å². The summed E-state index contributed by atoms with van der Waals surface area (Å²) in [6.45, 7) is 14.3. The van der Waals surface area contributed by atoms with Gasteiger partial charge in [0.25, 0.3) is 17.3 Å². The molecule has 0 spiro atoms. The lowest BCUT2D eigenvalue weighted by atomic mass is 9.88. The van der Waals surface area contributed by atoms with Gasteiger partial charge in [0, 0.05) is 18.3 Å². The first-order valence-electron chi connectivity index (χ1n) is 11.3. The van der Waals surface area contributed by atoms with Crippen LogP contribution in [-0.4, -0.2) is 38.5 Å². The van der Waals surface area contributed by atoms with Crippen molar-refractivity contribution in [2.75, 3.05) is 11.9 Å². The van der Waals surface area contributed by atoms with Crippen LogP contribution in [0.15, 0.2) is 41.5 Å². The number of hydrogen-bond donors (Lipinski definition) is 3. The van der Waals surface area contributed by atoms with E-state index in [1.807, 2.05) is 48.5 Å². The number of carbonyl (C=O) groups is 2. The van der Waals surface area contributed by atoms with Crippen molar-refractivity contribution in [3.63, 3.8) is 0 Å². The van der Waals surface area contributed by atoms with Gasteiger partial charge in [-0.1, -0.05) is 57.9 Å². The van der Waals surface area contributed by atoms with Gasteiger partial charge in [0.05, 0.1) is 11.9 Å². The second kappa shape index (κ2) is 9.73. The van der Waals surface area contributed by atoms with Crippen molar-refractivity contribution >= 4 is 17.7 Å². The molecule has 35 heavy (non-hydrogen) atoms. The van der Waals surface area contributed by atoms with E-state index in [1.54, 1.807) is 30.5 Å². The van der Waals surface area contributed by atoms with Crippen LogP contribution >= 0.6 is 0 Å². The molecule has 3 rings (SSSR count). The van der Waals surface area contributed by atoms with Gasteiger partial charge in [0.1, 0.15) is 5.69 Å². The molecule has 10 heteroatoms. The lowest BCUT2D eigenvalue weighted by molar-refractivity contribution is 0.102. The molecule has 0 bridgehead atoms. The van der Waals surface area contributed by atoms with Gasteiger partial charge in [-0.2, -0.15) is 0 Å². The van der Waals surface area contributed by atoms with Gasteiger partial charge in [0.15, 0.2) is 0 Å². The fourth-order valence-electron chi connectivity index (χ4n) is 3.08. The number of aryl methyl sites for hydroxylation is 1. The molecule has 2 aromatic heterocycles. The molecular weight excluding hydrogens is 448 g/mol. The van der Waals surface area contributed by atoms with Gasteiger partial charge in [0.2, 0.25) is 0 Å². The number of aromatic amines is 1. The van der Waals surface area contributed by atoms with Gasteiger partial charge in [-0.05, 0) is 47.1 Å². The second-order valence-electron chi connectivity index (χ2n) is 10.6. The SMILES string of the molecule is Cc1ccc(C(=O)Nc2cc(C(C)(C)C)c[nH]c2=O)cc1-n1cc(OC(=O)NCC(C)(C)C)nn1. The van der Waals surface area contributed by atoms with Crippen molar-refractivity contribution in [1.82, 2.24) is 25.3 Å². The number of rotatable bonds is 5. The van der Waals surface area contributed by atoms with E-state index in [0.717, 1.165) is 11.1 Å². The Hall–Kier alpha value is -3.95. The molecule has 0 atom stereocenters. The molecule has 0 radical (unpaired) electrons. The quantitative estimate of drug-likeness (QED) is 0.507. The first kappa shape index (κ1) is 25.7. The summed E-state index contributed by atoms with van der Waals surface area (Å²) in [5, 5.41) is 13.3. The highest BCUT2D eigenvalue weighted by atomic mass is 16.6. The van der Waals surface area contributed by atoms with Crippen molar-refractivity contribution in [2.45, 2.75) is 53.9 Å². The van der Waals surface area contributed by atoms with E-state index in [2.05, 4.69) is 25.9 Å². The summed E-state index contributed by atoms with van der Waals surface area (Å²) in [5.74, 6) is -0.419. The molecule has 0 saturated carbocycles. The number of nitrogens with one attached hydrogen (secondary N) is 3. The summed E-state index contributed by atoms with van der Waals surface area (Å²) < 4.78 is 6.62. The second-order valence-corrected chi connectivity index (χ2v) is 10.6. The fraction of sp³-hybridized carbons (Fsp3) is 0.400. The molecule has 186 valence electrons. The van der Waals surface area contributed by atoms with Gasteiger partial charge in [-0.25, -0.2) is 9.48 Å². The standard InChI is InChI=1S/C25H32N6O4/c1-15-8-9-16(21(32)28-18-11-17(25(5,6)7)12-26-22(18)33)10-19(15)31-13-20(29-30-31)35-23(34)27-14-24(2,3)4/h8-13H,14H2,1-7H3,(H,26,33)(H,27,34)(H,28,32). The molecular formula is C25H32N6O4. The molecule has 2 heterocycles. The number of hydrogen-bond acceptors (Lipinski definition) is 6. The summed E-state index contributed by atoms with van der Waals surface area (Å²) in [4.78, 5) is 39.9. The molecule has 0 unspecified atom stereocenters. The topological polar surface area (TPSA) is 131 Å². The molecule has 0 aliphatic carbocycles. The molecule has 0 aliphatic rings. The van der Waals surface area contributed by atoms with E-state index in [0.29, 0.717) is 17.8 Å². The summed E-state index contributed by atoms with van der Waals surface area (Å²) in [6.07, 6.45) is 2.48. The Bertz CT molecular complexity index is 1290. The predicted molar refractivity (Wildman–Crippen MR) is 133 cm³/mol. The molecule has 3 aromatic rings. The maximum atomic E-state index is 12.9. The first-order chi connectivity index (χ1) is 16.2. The monoisotopic (exact) mass is 480 g/mol. The minimum atomic E-state index is -0.625. The number of H-pyrrole nitrogens is 1. The van der Waals surface area contributed by atoms with Gasteiger partial charge in [-0.3, -0.25) is 9.59 Å². The van der Waals surface area contributed by atoms with E-state index in [4.69, 9.17) is 4.74 Å². The van der Waals surface area contributed by atoms with Crippen LogP contribution in [0.4, 0.5) is 10.5 Å². The van der Waals surface area contributed by atoms with Crippen LogP contribution < -0.4 is 20.9 Å². The van der Waals surface area contributed by atoms with Crippen LogP contribution in [0, 0.1) is 12.3 Å². The Morgan fingerprint density at radius 2 is 1.83 bits per heavy atom. The highest BCUT2D eigenvalue weighted by Gasteiger charge is 2.18. The van der Waals surface area contributed by atoms with Crippen LogP contribution in [0.1, 0.15) is 63.0 Å². The first-order valence-corrected chi connectivity index (χ1v) is 11.3. The predicted octanol–water partition coefficient (Wildman–Crippen LogP) is 3.95. The van der Waals surface area contributed by atoms with Crippen molar-refractivity contribution in [1.29, 1.82) is 0 Å². The number of carbonyl (C=O) groups excluding carboxylic acids is 2. The molecule has 1 aromatic carbocycles. The molecule has 10 nitrogen and oxygen atoms in total. The van der Waals surface area contributed by atoms with Crippen LogP contribution in [-0.2, 0) is 5.41 Å². The number of anilines is 1. The van der Waals surface area contributed by atoms with Gasteiger partial charge < -0.3 is 20.4 Å². The number of amides is 2. The van der Waals surface area contributed by atoms with E-state index in [1.165, 1.54) is 10.9 Å². The van der Waals surface area contributed by atoms with E-state index < -0.39 is 12.0 Å². The minimum Gasteiger partial charge on any atom is -0.388 e. The zero-order chi connectivity index (χ0) is 26.0. The van der Waals surface area contributed by atoms with Crippen LogP contribution in [0.3, 0.4) is 0 Å². The zero-order valence-corrected chi connectivity index (χ0v) is 21.1. The lowest BCUT2D eigenvalue weighted by Crippen LogP contribution is -2.34. The number of nitrogens with zero attached hydrogens (tertiary/aromatic N) is 3. The third kappa shape index (κ3) is 6.78. The highest BCUT2D eigenvalue weighted by molar-refractivity contribution is 6.04. The number of benzene rings is 1. The van der Waals surface area contributed by atoms with Crippen molar-refractivity contribution in [3.05, 3.63) is 63.7 Å². The normalized spacial score (nSPS) is 11.7. The third-order valence-electron chi connectivity index (χ3n) is 5.17. The van der Waals surface area contributed by atoms with Crippen molar-refractivity contribution in [2.24, 2.45) is 5.41 Å². The molecule has 3 N–H and O–H groups in total. The van der Waals surface area contributed by atoms with Crippen LogP contribution in [0.2, 0.25) is 0 Å². The molecule has 0 aliphatic heterocycles. The Labute approximate surface area is 204 Å². The molecule has 0 saturated heterocycles. The average molecular weight is 481 g/mol. The van der Waals surface area contributed by atoms with Crippen LogP contribution in [0.25, 0.3) is 5.69 Å². The van der Waals surface area contributed by atoms with E-state index >= 15 is 0 Å². The smallest absolute Gasteiger partial charge is 0.388 e. The Morgan fingerprint density at radius 1 is 1.11 bits per heavy atom. The van der Waals surface area contributed by atoms with E-state index in [9.17, 15) is 14.4 Å². The Balaban J connectivity index is 1.78. The zero-order valence-electron chi connectivity index (χ0n) is 21.1. The van der Waals surface area contributed by atoms with Gasteiger partial charge in [-0.15, -0.1) is 0 Å². The Kier molecular flexibility index (Phi) is 7.14. The van der Waals surface area contributed by atoms with Crippen molar-refractivity contribution < 1.29 is 14.3 Å². The molecule has 2 amide bonds. The van der Waals surface area contributed by atoms with Crippen molar-refractivity contribution in [3.8, 4) is 11.6 Å². The largest absolute Gasteiger partial charge is 0.414 e. The fourth-order valence-corrected chi connectivity index (χ4v) is 3.08. The van der Waals surface area contributed by atoms with E-state index in [-0.39, 0.29) is 28.0 Å². The third-order valence-corrected chi connectivity index (χ3v) is 5.17. The number of ether oxygens (including phenoxy) is 1. The maximum Gasteiger partial charge on any atom is 0.414 e. The number of pyridine rings is 1. The summed E-state index contributed by atoms with van der Waals surface area (Å²) in [6, 6.07) is 6.73. The average Bonchev–Trinajstić information content (AvgIpc) is 3.21. The lowest BCUT2D eigenvalue weighted by Gasteiger charge is -2.19. The van der Waals surface area contributed by atoms with Gasteiger partial charge >= 0.3 is 6.09 Å². The number of aromatic nitrogens is 4. The highest BCUT2D eigenvalue weighted by Crippen LogP contribution is 2.23. The summed E-state index contributed by atoms with van der Waals surface area (Å²) >= 11 is 0. The molecule has 0 fully saturated rings. The Morgan fingerprint density at radius 3 is 2.49 bits per heavy atom. The maximum absolute atomic E-state index is 12.9. The summed E-state index contributed by atoms with van der Waals surface area (Å²) in [7, 11) is 0. The summed E-state index contributed by atoms with van der Waals surface area (Å²) in [5.41, 5.74) is 2.11.